The molecule has 0 fully saturated rings. The van der Waals surface area contributed by atoms with Gasteiger partial charge in [-0.15, -0.1) is 0 Å². The summed E-state index contributed by atoms with van der Waals surface area (Å²) < 4.78 is 0. The summed E-state index contributed by atoms with van der Waals surface area (Å²) in [6.45, 7) is 7.53. The largest absolute Gasteiger partial charge is 0.221 e. The molecule has 0 saturated carbocycles. The van der Waals surface area contributed by atoms with Crippen molar-refractivity contribution in [3.8, 4) is 0 Å². The molecule has 0 atom stereocenters. The van der Waals surface area contributed by atoms with Crippen LogP contribution in [0.25, 0.3) is 0 Å². The van der Waals surface area contributed by atoms with Crippen LogP contribution in [0.15, 0.2) is 0 Å². The van der Waals surface area contributed by atoms with Crippen molar-refractivity contribution in [1.29, 1.82) is 0 Å². The van der Waals surface area contributed by atoms with Crippen molar-refractivity contribution in [3.05, 3.63) is 0 Å². The highest BCUT2D eigenvalue weighted by atomic mass is 17.5. The van der Waals surface area contributed by atoms with Crippen molar-refractivity contribution in [2.75, 3.05) is 6.61 Å². The minimum absolute atomic E-state index is 0.490. The van der Waals surface area contributed by atoms with Crippen LogP contribution in [-0.4, -0.2) is 11.9 Å². The van der Waals surface area contributed by atoms with Crippen molar-refractivity contribution < 1.29 is 15.2 Å². The van der Waals surface area contributed by atoms with Crippen LogP contribution in [0.5, 0.6) is 0 Å². The third kappa shape index (κ3) is 9.73. The van der Waals surface area contributed by atoms with Gasteiger partial charge in [0.2, 0.25) is 0 Å². The van der Waals surface area contributed by atoms with E-state index in [1.165, 1.54) is 64.2 Å². The molecule has 0 aromatic carbocycles. The molecule has 0 aliphatic rings. The Balaban J connectivity index is 3.32. The summed E-state index contributed by atoms with van der Waals surface area (Å²) in [5, 5.41) is 11.5. The van der Waals surface area contributed by atoms with Crippen LogP contribution in [0, 0.1) is 5.41 Å². The van der Waals surface area contributed by atoms with Gasteiger partial charge in [0.25, 0.3) is 0 Å². The molecule has 0 radical (unpaired) electrons. The average molecular weight is 288 g/mol. The number of rotatable bonds is 15. The quantitative estimate of drug-likeness (QED) is 0.223. The number of hydrogen-bond donors (Lipinski definition) is 1. The fraction of sp³-hybridized carbons (Fsp3) is 1.00. The molecule has 0 aliphatic heterocycles. The molecule has 1 N–H and O–H groups in total. The summed E-state index contributed by atoms with van der Waals surface area (Å²) in [7, 11) is 0. The Morgan fingerprint density at radius 2 is 1.15 bits per heavy atom. The maximum Gasteiger partial charge on any atom is 0.0853 e. The molecule has 3 nitrogen and oxygen atoms in total. The van der Waals surface area contributed by atoms with Gasteiger partial charge in [-0.05, 0) is 18.3 Å². The van der Waals surface area contributed by atoms with Crippen molar-refractivity contribution in [2.24, 2.45) is 5.41 Å². The molecular formula is C17H36O3. The predicted octanol–water partition coefficient (Wildman–Crippen LogP) is 6.13. The molecule has 20 heavy (non-hydrogen) atoms. The Bertz CT molecular complexity index is 182. The Kier molecular flexibility index (Phi) is 13.8. The topological polar surface area (TPSA) is 38.7 Å². The third-order valence-electron chi connectivity index (χ3n) is 4.99. The van der Waals surface area contributed by atoms with Gasteiger partial charge in [0, 0.05) is 0 Å². The van der Waals surface area contributed by atoms with Gasteiger partial charge in [0.05, 0.1) is 6.61 Å². The molecule has 3 heteroatoms. The van der Waals surface area contributed by atoms with Crippen molar-refractivity contribution >= 4 is 0 Å². The lowest BCUT2D eigenvalue weighted by Gasteiger charge is -2.30. The van der Waals surface area contributed by atoms with Crippen molar-refractivity contribution in [1.82, 2.24) is 0 Å². The summed E-state index contributed by atoms with van der Waals surface area (Å²) in [6.07, 6.45) is 15.6. The Hall–Kier alpha value is -0.120. The van der Waals surface area contributed by atoms with Gasteiger partial charge < -0.3 is 0 Å². The molecule has 0 aromatic rings. The van der Waals surface area contributed by atoms with E-state index in [1.54, 1.807) is 0 Å². The summed E-state index contributed by atoms with van der Waals surface area (Å²) in [6, 6.07) is 0. The van der Waals surface area contributed by atoms with E-state index in [2.05, 4.69) is 30.7 Å². The SMILES string of the molecule is CCC(CC)(CC)CCCCCCCCCCOOO. The van der Waals surface area contributed by atoms with E-state index in [1.807, 2.05) is 0 Å². The van der Waals surface area contributed by atoms with Crippen LogP contribution >= 0.6 is 0 Å². The molecule has 0 unspecified atom stereocenters. The molecule has 0 bridgehead atoms. The molecule has 0 aromatic heterocycles. The first kappa shape index (κ1) is 19.9. The molecule has 0 aliphatic carbocycles. The zero-order valence-electron chi connectivity index (χ0n) is 14.0. The minimum Gasteiger partial charge on any atom is -0.221 e. The van der Waals surface area contributed by atoms with Crippen LogP contribution in [0.3, 0.4) is 0 Å². The van der Waals surface area contributed by atoms with Crippen LogP contribution in [0.4, 0.5) is 0 Å². The van der Waals surface area contributed by atoms with E-state index in [0.717, 1.165) is 12.8 Å². The highest BCUT2D eigenvalue weighted by Gasteiger charge is 2.22. The normalized spacial score (nSPS) is 12.0. The van der Waals surface area contributed by atoms with Crippen molar-refractivity contribution in [3.63, 3.8) is 0 Å². The number of hydrogen-bond acceptors (Lipinski definition) is 3. The molecule has 0 rings (SSSR count). The Morgan fingerprint density at radius 3 is 1.60 bits per heavy atom. The molecule has 0 heterocycles. The first-order valence-corrected chi connectivity index (χ1v) is 8.67. The fourth-order valence-corrected chi connectivity index (χ4v) is 3.04. The van der Waals surface area contributed by atoms with E-state index in [0.29, 0.717) is 12.0 Å². The lowest BCUT2D eigenvalue weighted by molar-refractivity contribution is -0.490. The molecule has 122 valence electrons. The molecule has 0 amide bonds. The first-order valence-electron chi connectivity index (χ1n) is 8.67. The Morgan fingerprint density at radius 1 is 0.700 bits per heavy atom. The molecule has 0 spiro atoms. The van der Waals surface area contributed by atoms with E-state index in [4.69, 9.17) is 5.26 Å². The van der Waals surface area contributed by atoms with E-state index >= 15 is 0 Å². The maximum absolute atomic E-state index is 7.98. The van der Waals surface area contributed by atoms with Gasteiger partial charge in [-0.25, -0.2) is 10.1 Å². The van der Waals surface area contributed by atoms with Gasteiger partial charge in [0.15, 0.2) is 0 Å². The maximum atomic E-state index is 7.98. The zero-order chi connectivity index (χ0) is 15.1. The second-order valence-corrected chi connectivity index (χ2v) is 6.04. The highest BCUT2D eigenvalue weighted by molar-refractivity contribution is 4.74. The van der Waals surface area contributed by atoms with Gasteiger partial charge in [0.1, 0.15) is 0 Å². The number of unbranched alkanes of at least 4 members (excludes halogenated alkanes) is 7. The van der Waals surface area contributed by atoms with Gasteiger partial charge in [-0.2, -0.15) is 0 Å². The monoisotopic (exact) mass is 288 g/mol. The minimum atomic E-state index is 0.490. The van der Waals surface area contributed by atoms with Gasteiger partial charge in [-0.3, -0.25) is 0 Å². The van der Waals surface area contributed by atoms with Crippen LogP contribution in [0.1, 0.15) is 97.8 Å². The second kappa shape index (κ2) is 13.8. The first-order chi connectivity index (χ1) is 9.74. The van der Waals surface area contributed by atoms with Gasteiger partial charge >= 0.3 is 0 Å². The van der Waals surface area contributed by atoms with Crippen LogP contribution in [0.2, 0.25) is 0 Å². The summed E-state index contributed by atoms with van der Waals surface area (Å²) in [5.74, 6) is 0. The average Bonchev–Trinajstić information content (AvgIpc) is 2.49. The summed E-state index contributed by atoms with van der Waals surface area (Å²) in [5.41, 5.74) is 0.620. The van der Waals surface area contributed by atoms with E-state index in [9.17, 15) is 0 Å². The summed E-state index contributed by atoms with van der Waals surface area (Å²) in [4.78, 5) is 4.41. The predicted molar refractivity (Wildman–Crippen MR) is 84.5 cm³/mol. The second-order valence-electron chi connectivity index (χ2n) is 6.04. The smallest absolute Gasteiger partial charge is 0.0853 e. The standard InChI is InChI=1S/C17H36O3/c1-4-17(5-2,6-3)15-13-11-9-7-8-10-12-14-16-19-20-18/h18H,4-16H2,1-3H3. The lowest BCUT2D eigenvalue weighted by atomic mass is 9.75. The molecule has 0 saturated heterocycles. The summed E-state index contributed by atoms with van der Waals surface area (Å²) >= 11 is 0. The van der Waals surface area contributed by atoms with Crippen LogP contribution in [-0.2, 0) is 9.93 Å². The lowest BCUT2D eigenvalue weighted by Crippen LogP contribution is -2.17. The molecular weight excluding hydrogens is 252 g/mol. The fourth-order valence-electron chi connectivity index (χ4n) is 3.04. The zero-order valence-corrected chi connectivity index (χ0v) is 14.0. The highest BCUT2D eigenvalue weighted by Crippen LogP contribution is 2.36. The third-order valence-corrected chi connectivity index (χ3v) is 4.99. The van der Waals surface area contributed by atoms with E-state index in [-0.39, 0.29) is 0 Å². The van der Waals surface area contributed by atoms with Crippen LogP contribution < -0.4 is 0 Å². The van der Waals surface area contributed by atoms with Gasteiger partial charge in [-0.1, -0.05) is 90.0 Å². The van der Waals surface area contributed by atoms with Crippen molar-refractivity contribution in [2.45, 2.75) is 97.8 Å². The van der Waals surface area contributed by atoms with E-state index < -0.39 is 0 Å². The Labute approximate surface area is 125 Å².